The minimum absolute atomic E-state index is 0.214. The van der Waals surface area contributed by atoms with Crippen molar-refractivity contribution >= 4 is 5.97 Å². The number of carbonyl (C=O) groups excluding carboxylic acids is 1. The van der Waals surface area contributed by atoms with Gasteiger partial charge in [0.05, 0.1) is 0 Å². The van der Waals surface area contributed by atoms with Crippen LogP contribution in [-0.4, -0.2) is 12.6 Å². The number of hydrogen-bond donors (Lipinski definition) is 0. The van der Waals surface area contributed by atoms with Gasteiger partial charge in [0, 0.05) is 6.92 Å². The quantitative estimate of drug-likeness (QED) is 0.366. The predicted octanol–water partition coefficient (Wildman–Crippen LogP) is 0.573. The van der Waals surface area contributed by atoms with Crippen molar-refractivity contribution in [3.8, 4) is 11.8 Å². The van der Waals surface area contributed by atoms with E-state index in [1.807, 2.05) is 0 Å². The molecule has 0 aliphatic rings. The topological polar surface area (TPSA) is 26.3 Å². The SMILES string of the molecule is CC#CCOC(C)=O. The lowest BCUT2D eigenvalue weighted by Gasteiger charge is -1.89. The molecule has 0 bridgehead atoms. The van der Waals surface area contributed by atoms with Crippen LogP contribution in [0, 0.1) is 11.8 Å². The van der Waals surface area contributed by atoms with E-state index in [-0.39, 0.29) is 12.6 Å². The summed E-state index contributed by atoms with van der Waals surface area (Å²) < 4.78 is 4.47. The lowest BCUT2D eigenvalue weighted by Crippen LogP contribution is -1.97. The van der Waals surface area contributed by atoms with Gasteiger partial charge in [0.15, 0.2) is 6.61 Å². The Bertz CT molecular complexity index is 127. The van der Waals surface area contributed by atoms with E-state index in [0.717, 1.165) is 0 Å². The first-order valence-electron chi connectivity index (χ1n) is 2.30. The molecule has 0 aliphatic carbocycles. The van der Waals surface area contributed by atoms with Crippen molar-refractivity contribution in [2.24, 2.45) is 0 Å². The molecule has 0 amide bonds. The maximum Gasteiger partial charge on any atom is 0.303 e. The van der Waals surface area contributed by atoms with E-state index in [9.17, 15) is 4.79 Å². The molecule has 8 heavy (non-hydrogen) atoms. The zero-order valence-corrected chi connectivity index (χ0v) is 5.02. The molecule has 0 rings (SSSR count). The summed E-state index contributed by atoms with van der Waals surface area (Å²) in [6, 6.07) is 0. The largest absolute Gasteiger partial charge is 0.453 e. The normalized spacial score (nSPS) is 6.75. The van der Waals surface area contributed by atoms with Gasteiger partial charge in [-0.05, 0) is 6.92 Å². The van der Waals surface area contributed by atoms with Crippen molar-refractivity contribution in [1.82, 2.24) is 0 Å². The first-order chi connectivity index (χ1) is 3.77. The highest BCUT2D eigenvalue weighted by molar-refractivity contribution is 5.66. The lowest BCUT2D eigenvalue weighted by molar-refractivity contribution is -0.139. The summed E-state index contributed by atoms with van der Waals surface area (Å²) in [6.45, 7) is 3.27. The second kappa shape index (κ2) is 4.20. The van der Waals surface area contributed by atoms with Crippen LogP contribution in [0.25, 0.3) is 0 Å². The van der Waals surface area contributed by atoms with Crippen LogP contribution in [0.3, 0.4) is 0 Å². The molecule has 0 atom stereocenters. The van der Waals surface area contributed by atoms with Gasteiger partial charge in [0.25, 0.3) is 0 Å². The highest BCUT2D eigenvalue weighted by atomic mass is 16.5. The molecule has 44 valence electrons. The Hall–Kier alpha value is -0.970. The van der Waals surface area contributed by atoms with Crippen LogP contribution in [-0.2, 0) is 9.53 Å². The van der Waals surface area contributed by atoms with Gasteiger partial charge >= 0.3 is 5.97 Å². The molecule has 0 N–H and O–H groups in total. The molecule has 0 saturated heterocycles. The number of rotatable bonds is 1. The van der Waals surface area contributed by atoms with Crippen LogP contribution in [0.4, 0.5) is 0 Å². The summed E-state index contributed by atoms with van der Waals surface area (Å²) in [5.41, 5.74) is 0. The molecule has 0 aromatic carbocycles. The average molecular weight is 112 g/mol. The van der Waals surface area contributed by atoms with Crippen LogP contribution in [0.15, 0.2) is 0 Å². The van der Waals surface area contributed by atoms with Crippen molar-refractivity contribution in [2.45, 2.75) is 13.8 Å². The van der Waals surface area contributed by atoms with E-state index in [1.54, 1.807) is 6.92 Å². The van der Waals surface area contributed by atoms with Crippen LogP contribution < -0.4 is 0 Å². The number of esters is 1. The summed E-state index contributed by atoms with van der Waals surface area (Å²) in [7, 11) is 0. The van der Waals surface area contributed by atoms with Gasteiger partial charge < -0.3 is 4.74 Å². The molecule has 0 spiro atoms. The van der Waals surface area contributed by atoms with Gasteiger partial charge in [0.2, 0.25) is 0 Å². The van der Waals surface area contributed by atoms with Crippen molar-refractivity contribution in [3.63, 3.8) is 0 Å². The van der Waals surface area contributed by atoms with Crippen LogP contribution >= 0.6 is 0 Å². The summed E-state index contributed by atoms with van der Waals surface area (Å²) >= 11 is 0. The van der Waals surface area contributed by atoms with E-state index >= 15 is 0 Å². The molecule has 2 nitrogen and oxygen atoms in total. The fourth-order valence-corrected chi connectivity index (χ4v) is 0.210. The monoisotopic (exact) mass is 112 g/mol. The Morgan fingerprint density at radius 2 is 2.38 bits per heavy atom. The van der Waals surface area contributed by atoms with Crippen LogP contribution in [0.2, 0.25) is 0 Å². The fraction of sp³-hybridized carbons (Fsp3) is 0.500. The van der Waals surface area contributed by atoms with Crippen molar-refractivity contribution < 1.29 is 9.53 Å². The van der Waals surface area contributed by atoms with E-state index in [1.165, 1.54) is 6.92 Å². The first kappa shape index (κ1) is 7.03. The van der Waals surface area contributed by atoms with E-state index in [4.69, 9.17) is 0 Å². The maximum absolute atomic E-state index is 10.0. The van der Waals surface area contributed by atoms with Crippen LogP contribution in [0.1, 0.15) is 13.8 Å². The minimum Gasteiger partial charge on any atom is -0.453 e. The molecule has 0 fully saturated rings. The molecule has 0 aromatic heterocycles. The molecule has 0 radical (unpaired) electrons. The highest BCUT2D eigenvalue weighted by Crippen LogP contribution is 1.71. The minimum atomic E-state index is -0.284. The van der Waals surface area contributed by atoms with Crippen molar-refractivity contribution in [3.05, 3.63) is 0 Å². The summed E-state index contributed by atoms with van der Waals surface area (Å²) in [5, 5.41) is 0. The van der Waals surface area contributed by atoms with Gasteiger partial charge in [-0.2, -0.15) is 0 Å². The Kier molecular flexibility index (Phi) is 3.69. The third-order valence-electron chi connectivity index (χ3n) is 0.524. The van der Waals surface area contributed by atoms with Gasteiger partial charge in [-0.3, -0.25) is 4.79 Å². The summed E-state index contributed by atoms with van der Waals surface area (Å²) in [6.07, 6.45) is 0. The van der Waals surface area contributed by atoms with E-state index in [0.29, 0.717) is 0 Å². The lowest BCUT2D eigenvalue weighted by atomic mass is 10.6. The standard InChI is InChI=1S/C6H8O2/c1-3-4-5-8-6(2)7/h5H2,1-2H3. The second-order valence-electron chi connectivity index (χ2n) is 1.21. The maximum atomic E-state index is 10.0. The number of ether oxygens (including phenoxy) is 1. The Balaban J connectivity index is 3.14. The first-order valence-corrected chi connectivity index (χ1v) is 2.30. The van der Waals surface area contributed by atoms with Gasteiger partial charge in [-0.25, -0.2) is 0 Å². The van der Waals surface area contributed by atoms with Gasteiger partial charge in [-0.1, -0.05) is 5.92 Å². The third-order valence-corrected chi connectivity index (χ3v) is 0.524. The Morgan fingerprint density at radius 3 is 2.75 bits per heavy atom. The zero-order valence-electron chi connectivity index (χ0n) is 5.02. The fourth-order valence-electron chi connectivity index (χ4n) is 0.210. The number of hydrogen-bond acceptors (Lipinski definition) is 2. The Morgan fingerprint density at radius 1 is 1.75 bits per heavy atom. The second-order valence-corrected chi connectivity index (χ2v) is 1.21. The number of carbonyl (C=O) groups is 1. The third kappa shape index (κ3) is 5.03. The average Bonchev–Trinajstić information content (AvgIpc) is 1.66. The van der Waals surface area contributed by atoms with E-state index < -0.39 is 0 Å². The van der Waals surface area contributed by atoms with Crippen LogP contribution in [0.5, 0.6) is 0 Å². The van der Waals surface area contributed by atoms with Crippen molar-refractivity contribution in [2.75, 3.05) is 6.61 Å². The van der Waals surface area contributed by atoms with Crippen molar-refractivity contribution in [1.29, 1.82) is 0 Å². The molecule has 0 aliphatic heterocycles. The molecule has 2 heteroatoms. The molecule has 0 unspecified atom stereocenters. The van der Waals surface area contributed by atoms with E-state index in [2.05, 4.69) is 16.6 Å². The molecular weight excluding hydrogens is 104 g/mol. The molecule has 0 aromatic rings. The smallest absolute Gasteiger partial charge is 0.303 e. The highest BCUT2D eigenvalue weighted by Gasteiger charge is 1.84. The molecule has 0 saturated carbocycles. The predicted molar refractivity (Wildman–Crippen MR) is 30.1 cm³/mol. The summed E-state index contributed by atoms with van der Waals surface area (Å²) in [5.74, 6) is 4.90. The molecule has 0 heterocycles. The Labute approximate surface area is 48.8 Å². The summed E-state index contributed by atoms with van der Waals surface area (Å²) in [4.78, 5) is 10.0. The zero-order chi connectivity index (χ0) is 6.41. The van der Waals surface area contributed by atoms with Gasteiger partial charge in [0.1, 0.15) is 0 Å². The molecular formula is C6H8O2. The van der Waals surface area contributed by atoms with Gasteiger partial charge in [-0.15, -0.1) is 5.92 Å².